The Hall–Kier alpha value is -1.00. The molecule has 1 heterocycles. The molecular formula is C13H16FIN2O4. The van der Waals surface area contributed by atoms with Crippen molar-refractivity contribution in [2.24, 2.45) is 0 Å². The van der Waals surface area contributed by atoms with E-state index >= 15 is 0 Å². The van der Waals surface area contributed by atoms with E-state index in [4.69, 9.17) is 9.84 Å². The third-order valence-corrected chi connectivity index (χ3v) is 4.27. The number of piperidine rings is 1. The predicted molar refractivity (Wildman–Crippen MR) is 84.0 cm³/mol. The molecule has 1 fully saturated rings. The summed E-state index contributed by atoms with van der Waals surface area (Å²) in [6.45, 7) is 1.41. The van der Waals surface area contributed by atoms with Gasteiger partial charge < -0.3 is 14.7 Å². The molecule has 6 nitrogen and oxygen atoms in total. The highest BCUT2D eigenvalue weighted by atomic mass is 127. The van der Waals surface area contributed by atoms with Gasteiger partial charge in [-0.25, -0.2) is 4.39 Å². The number of halogens is 2. The lowest BCUT2D eigenvalue weighted by Crippen LogP contribution is -2.37. The highest BCUT2D eigenvalue weighted by Gasteiger charge is 2.26. The standard InChI is InChI=1S/C13H16FIN2O4/c14-10-7-12(13(17(19)20)8-11(10)15)16-3-1-9(2-4-16)21-6-5-18/h7-9,18H,1-6H2. The Kier molecular flexibility index (Phi) is 5.71. The van der Waals surface area contributed by atoms with Crippen LogP contribution in [0.15, 0.2) is 12.1 Å². The quantitative estimate of drug-likeness (QED) is 0.458. The average molecular weight is 410 g/mol. The van der Waals surface area contributed by atoms with Crippen LogP contribution in [0.1, 0.15) is 12.8 Å². The summed E-state index contributed by atoms with van der Waals surface area (Å²) in [6.07, 6.45) is 1.44. The van der Waals surface area contributed by atoms with Gasteiger partial charge in [-0.05, 0) is 35.4 Å². The van der Waals surface area contributed by atoms with Crippen LogP contribution < -0.4 is 4.90 Å². The Balaban J connectivity index is 2.12. The van der Waals surface area contributed by atoms with Crippen molar-refractivity contribution in [1.29, 1.82) is 0 Å². The first-order chi connectivity index (χ1) is 10.0. The fraction of sp³-hybridized carbons (Fsp3) is 0.538. The monoisotopic (exact) mass is 410 g/mol. The first-order valence-corrected chi connectivity index (χ1v) is 7.71. The number of aliphatic hydroxyl groups excluding tert-OH is 1. The van der Waals surface area contributed by atoms with Crippen LogP contribution in [0.5, 0.6) is 0 Å². The highest BCUT2D eigenvalue weighted by Crippen LogP contribution is 2.33. The summed E-state index contributed by atoms with van der Waals surface area (Å²) < 4.78 is 19.4. The first-order valence-electron chi connectivity index (χ1n) is 6.63. The normalized spacial score (nSPS) is 16.2. The van der Waals surface area contributed by atoms with Gasteiger partial charge in [0.05, 0.1) is 27.8 Å². The molecule has 0 spiro atoms. The van der Waals surface area contributed by atoms with E-state index < -0.39 is 10.7 Å². The van der Waals surface area contributed by atoms with Gasteiger partial charge in [-0.2, -0.15) is 0 Å². The zero-order valence-corrected chi connectivity index (χ0v) is 13.5. The van der Waals surface area contributed by atoms with Gasteiger partial charge in [-0.15, -0.1) is 0 Å². The van der Waals surface area contributed by atoms with Gasteiger partial charge in [0.15, 0.2) is 0 Å². The fourth-order valence-electron chi connectivity index (χ4n) is 2.41. The summed E-state index contributed by atoms with van der Waals surface area (Å²) in [7, 11) is 0. The average Bonchev–Trinajstić information content (AvgIpc) is 2.48. The largest absolute Gasteiger partial charge is 0.394 e. The number of nitrogens with zero attached hydrogens (tertiary/aromatic N) is 2. The van der Waals surface area contributed by atoms with E-state index in [1.54, 1.807) is 22.6 Å². The second-order valence-electron chi connectivity index (χ2n) is 4.79. The summed E-state index contributed by atoms with van der Waals surface area (Å²) in [5, 5.41) is 19.9. The van der Waals surface area contributed by atoms with Crippen molar-refractivity contribution in [2.45, 2.75) is 18.9 Å². The molecule has 1 aliphatic heterocycles. The molecule has 0 saturated carbocycles. The third kappa shape index (κ3) is 4.01. The Labute approximate surface area is 135 Å². The van der Waals surface area contributed by atoms with Crippen LogP contribution in [0.2, 0.25) is 0 Å². The van der Waals surface area contributed by atoms with Crippen molar-refractivity contribution < 1.29 is 19.2 Å². The Morgan fingerprint density at radius 3 is 2.71 bits per heavy atom. The summed E-state index contributed by atoms with van der Waals surface area (Å²) in [5.74, 6) is -0.449. The lowest BCUT2D eigenvalue weighted by Gasteiger charge is -2.33. The van der Waals surface area contributed by atoms with Crippen molar-refractivity contribution in [2.75, 3.05) is 31.2 Å². The number of aliphatic hydroxyl groups is 1. The molecule has 0 aromatic heterocycles. The molecule has 0 radical (unpaired) electrons. The Morgan fingerprint density at radius 1 is 1.48 bits per heavy atom. The van der Waals surface area contributed by atoms with Gasteiger partial charge in [0.1, 0.15) is 11.5 Å². The van der Waals surface area contributed by atoms with Crippen LogP contribution in [0.3, 0.4) is 0 Å². The van der Waals surface area contributed by atoms with Crippen molar-refractivity contribution in [3.8, 4) is 0 Å². The summed E-state index contributed by atoms with van der Waals surface area (Å²) in [4.78, 5) is 12.5. The van der Waals surface area contributed by atoms with E-state index in [9.17, 15) is 14.5 Å². The van der Waals surface area contributed by atoms with Crippen LogP contribution in [0, 0.1) is 19.5 Å². The number of nitro groups is 1. The van der Waals surface area contributed by atoms with Crippen LogP contribution in [0.4, 0.5) is 15.8 Å². The second kappa shape index (κ2) is 7.32. The minimum Gasteiger partial charge on any atom is -0.394 e. The van der Waals surface area contributed by atoms with Gasteiger partial charge >= 0.3 is 0 Å². The van der Waals surface area contributed by atoms with Crippen LogP contribution in [0.25, 0.3) is 0 Å². The summed E-state index contributed by atoms with van der Waals surface area (Å²) in [6, 6.07) is 2.49. The van der Waals surface area contributed by atoms with E-state index in [-0.39, 0.29) is 22.0 Å². The van der Waals surface area contributed by atoms with Crippen LogP contribution >= 0.6 is 22.6 Å². The van der Waals surface area contributed by atoms with E-state index in [1.165, 1.54) is 12.1 Å². The number of nitro benzene ring substituents is 1. The van der Waals surface area contributed by atoms with Crippen molar-refractivity contribution in [1.82, 2.24) is 0 Å². The summed E-state index contributed by atoms with van der Waals surface area (Å²) in [5.41, 5.74) is 0.244. The maximum atomic E-state index is 13.7. The lowest BCUT2D eigenvalue weighted by atomic mass is 10.1. The predicted octanol–water partition coefficient (Wildman–Crippen LogP) is 2.32. The Bertz CT molecular complexity index is 521. The van der Waals surface area contributed by atoms with Gasteiger partial charge in [-0.3, -0.25) is 10.1 Å². The molecular weight excluding hydrogens is 394 g/mol. The number of hydrogen-bond donors (Lipinski definition) is 1. The highest BCUT2D eigenvalue weighted by molar-refractivity contribution is 14.1. The smallest absolute Gasteiger partial charge is 0.293 e. The maximum Gasteiger partial charge on any atom is 0.293 e. The maximum absolute atomic E-state index is 13.7. The van der Waals surface area contributed by atoms with Gasteiger partial charge in [-0.1, -0.05) is 0 Å². The molecule has 1 aromatic carbocycles. The number of hydrogen-bond acceptors (Lipinski definition) is 5. The first kappa shape index (κ1) is 16.4. The molecule has 1 saturated heterocycles. The lowest BCUT2D eigenvalue weighted by molar-refractivity contribution is -0.384. The third-order valence-electron chi connectivity index (χ3n) is 3.44. The van der Waals surface area contributed by atoms with Crippen LogP contribution in [-0.4, -0.2) is 42.4 Å². The summed E-state index contributed by atoms with van der Waals surface area (Å²) >= 11 is 1.75. The molecule has 0 aliphatic carbocycles. The topological polar surface area (TPSA) is 75.8 Å². The number of ether oxygens (including phenoxy) is 1. The fourth-order valence-corrected chi connectivity index (χ4v) is 2.86. The molecule has 1 N–H and O–H groups in total. The number of rotatable bonds is 5. The minimum atomic E-state index is -0.481. The van der Waals surface area contributed by atoms with Gasteiger partial charge in [0.25, 0.3) is 5.69 Å². The van der Waals surface area contributed by atoms with E-state index in [2.05, 4.69) is 0 Å². The van der Waals surface area contributed by atoms with Crippen molar-refractivity contribution >= 4 is 34.0 Å². The molecule has 1 aromatic rings. The van der Waals surface area contributed by atoms with Crippen LogP contribution in [-0.2, 0) is 4.74 Å². The van der Waals surface area contributed by atoms with E-state index in [0.29, 0.717) is 38.2 Å². The molecule has 0 amide bonds. The minimum absolute atomic E-state index is 0.0198. The number of benzene rings is 1. The zero-order valence-electron chi connectivity index (χ0n) is 11.3. The molecule has 0 atom stereocenters. The van der Waals surface area contributed by atoms with Crippen molar-refractivity contribution in [3.63, 3.8) is 0 Å². The molecule has 8 heteroatoms. The van der Waals surface area contributed by atoms with E-state index in [1.807, 2.05) is 4.90 Å². The molecule has 116 valence electrons. The molecule has 0 unspecified atom stereocenters. The zero-order chi connectivity index (χ0) is 15.4. The molecule has 21 heavy (non-hydrogen) atoms. The van der Waals surface area contributed by atoms with Crippen molar-refractivity contribution in [3.05, 3.63) is 31.6 Å². The molecule has 0 bridgehead atoms. The van der Waals surface area contributed by atoms with Gasteiger partial charge in [0.2, 0.25) is 0 Å². The van der Waals surface area contributed by atoms with Gasteiger partial charge in [0, 0.05) is 25.2 Å². The Morgan fingerprint density at radius 2 is 2.14 bits per heavy atom. The SMILES string of the molecule is O=[N+]([O-])c1cc(I)c(F)cc1N1CCC(OCCO)CC1. The molecule has 1 aliphatic rings. The second-order valence-corrected chi connectivity index (χ2v) is 5.96. The molecule has 2 rings (SSSR count). The number of anilines is 1. The van der Waals surface area contributed by atoms with E-state index in [0.717, 1.165) is 0 Å².